The molecule has 0 amide bonds. The van der Waals surface area contributed by atoms with Gasteiger partial charge in [0.25, 0.3) is 0 Å². The molecule has 0 unspecified atom stereocenters. The first kappa shape index (κ1) is 25.4. The minimum Gasteiger partial charge on any atom is -0.475 e. The van der Waals surface area contributed by atoms with Crippen LogP contribution < -0.4 is 5.32 Å². The van der Waals surface area contributed by atoms with Crippen LogP contribution in [0.5, 0.6) is 0 Å². The number of anilines is 1. The number of nitrogens with one attached hydrogen (secondary N) is 2. The standard InChI is InChI=1S/C23H20N6O.C2HF3O2/c1-23(2,16-7-4-3-5-8-16)27-22-29-28-21(30-22)15-9-10-19-17(13-15)18(14-26-19)20-24-11-6-12-25-20;3-2(4,5)1(6)7/h3-14,26H,1-2H3,(H,27,29);(H,6,7). The molecule has 5 aromatic rings. The van der Waals surface area contributed by atoms with Crippen LogP contribution in [-0.2, 0) is 10.3 Å². The van der Waals surface area contributed by atoms with Gasteiger partial charge in [-0.15, -0.1) is 5.10 Å². The van der Waals surface area contributed by atoms with Crippen molar-refractivity contribution in [3.63, 3.8) is 0 Å². The Balaban J connectivity index is 0.000000405. The second-order valence-electron chi connectivity index (χ2n) is 8.37. The number of hydrogen-bond acceptors (Lipinski definition) is 7. The van der Waals surface area contributed by atoms with Crippen LogP contribution in [0.1, 0.15) is 19.4 Å². The van der Waals surface area contributed by atoms with E-state index >= 15 is 0 Å². The van der Waals surface area contributed by atoms with Crippen LogP contribution in [0.3, 0.4) is 0 Å². The third-order valence-corrected chi connectivity index (χ3v) is 5.32. The lowest BCUT2D eigenvalue weighted by molar-refractivity contribution is -0.192. The number of hydrogen-bond donors (Lipinski definition) is 3. The van der Waals surface area contributed by atoms with Crippen LogP contribution in [0.4, 0.5) is 19.2 Å². The van der Waals surface area contributed by atoms with Crippen molar-refractivity contribution in [3.05, 3.63) is 78.8 Å². The van der Waals surface area contributed by atoms with Crippen LogP contribution in [0.2, 0.25) is 0 Å². The molecule has 5 rings (SSSR count). The zero-order valence-electron chi connectivity index (χ0n) is 19.6. The minimum absolute atomic E-state index is 0.354. The maximum absolute atomic E-state index is 10.6. The summed E-state index contributed by atoms with van der Waals surface area (Å²) in [7, 11) is 0. The number of aromatic amines is 1. The lowest BCUT2D eigenvalue weighted by Gasteiger charge is -2.25. The van der Waals surface area contributed by atoms with Gasteiger partial charge in [0, 0.05) is 40.6 Å². The van der Waals surface area contributed by atoms with Crippen LogP contribution >= 0.6 is 0 Å². The van der Waals surface area contributed by atoms with Gasteiger partial charge in [0.15, 0.2) is 5.82 Å². The fourth-order valence-corrected chi connectivity index (χ4v) is 3.46. The highest BCUT2D eigenvalue weighted by atomic mass is 19.4. The van der Waals surface area contributed by atoms with E-state index in [1.165, 1.54) is 0 Å². The van der Waals surface area contributed by atoms with Crippen molar-refractivity contribution in [2.75, 3.05) is 5.32 Å². The Morgan fingerprint density at radius 3 is 2.32 bits per heavy atom. The Kier molecular flexibility index (Phi) is 6.92. The van der Waals surface area contributed by atoms with E-state index in [0.717, 1.165) is 27.6 Å². The monoisotopic (exact) mass is 510 g/mol. The molecule has 3 heterocycles. The van der Waals surface area contributed by atoms with E-state index in [9.17, 15) is 13.2 Å². The number of rotatable bonds is 5. The Hall–Kier alpha value is -4.74. The predicted molar refractivity (Wildman–Crippen MR) is 129 cm³/mol. The van der Waals surface area contributed by atoms with E-state index in [4.69, 9.17) is 14.3 Å². The van der Waals surface area contributed by atoms with Gasteiger partial charge in [-0.05, 0) is 43.7 Å². The molecule has 2 aromatic carbocycles. The Labute approximate surface area is 208 Å². The van der Waals surface area contributed by atoms with E-state index in [-0.39, 0.29) is 5.54 Å². The molecule has 0 aliphatic heterocycles. The smallest absolute Gasteiger partial charge is 0.475 e. The molecular weight excluding hydrogens is 489 g/mol. The van der Waals surface area contributed by atoms with Gasteiger partial charge in [0.2, 0.25) is 5.89 Å². The molecular formula is C25H21F3N6O3. The molecule has 0 aliphatic carbocycles. The summed E-state index contributed by atoms with van der Waals surface area (Å²) in [5.41, 5.74) is 3.52. The highest BCUT2D eigenvalue weighted by Gasteiger charge is 2.38. The number of halogens is 3. The van der Waals surface area contributed by atoms with Crippen molar-refractivity contribution >= 4 is 22.9 Å². The number of carboxylic acid groups (broad SMARTS) is 1. The summed E-state index contributed by atoms with van der Waals surface area (Å²) in [6, 6.07) is 18.3. The summed E-state index contributed by atoms with van der Waals surface area (Å²) in [5.74, 6) is -1.64. The molecule has 3 aromatic heterocycles. The van der Waals surface area contributed by atoms with Crippen molar-refractivity contribution in [2.24, 2.45) is 0 Å². The van der Waals surface area contributed by atoms with Crippen molar-refractivity contribution < 1.29 is 27.5 Å². The van der Waals surface area contributed by atoms with Crippen LogP contribution in [0, 0.1) is 0 Å². The first-order valence-electron chi connectivity index (χ1n) is 10.9. The zero-order valence-corrected chi connectivity index (χ0v) is 19.6. The molecule has 0 spiro atoms. The van der Waals surface area contributed by atoms with Gasteiger partial charge >= 0.3 is 18.2 Å². The fraction of sp³-hybridized carbons (Fsp3) is 0.160. The van der Waals surface area contributed by atoms with Gasteiger partial charge in [0.05, 0.1) is 5.54 Å². The number of H-pyrrole nitrogens is 1. The average Bonchev–Trinajstić information content (AvgIpc) is 3.51. The molecule has 9 nitrogen and oxygen atoms in total. The summed E-state index contributed by atoms with van der Waals surface area (Å²) >= 11 is 0. The quantitative estimate of drug-likeness (QED) is 0.276. The first-order chi connectivity index (χ1) is 17.5. The van der Waals surface area contributed by atoms with Gasteiger partial charge in [-0.3, -0.25) is 0 Å². The number of benzene rings is 2. The average molecular weight is 510 g/mol. The lowest BCUT2D eigenvalue weighted by Crippen LogP contribution is -2.27. The van der Waals surface area contributed by atoms with E-state index < -0.39 is 12.1 Å². The summed E-state index contributed by atoms with van der Waals surface area (Å²) in [6.07, 6.45) is 0.290. The summed E-state index contributed by atoms with van der Waals surface area (Å²) in [6.45, 7) is 4.15. The summed E-state index contributed by atoms with van der Waals surface area (Å²) in [4.78, 5) is 20.9. The lowest BCUT2D eigenvalue weighted by atomic mass is 9.95. The molecule has 3 N–H and O–H groups in total. The SMILES string of the molecule is CC(C)(Nc1nnc(-c2ccc3[nH]cc(-c4ncccn4)c3c2)o1)c1ccccc1.O=C(O)C(F)(F)F. The molecule has 0 atom stereocenters. The third-order valence-electron chi connectivity index (χ3n) is 5.32. The van der Waals surface area contributed by atoms with E-state index in [2.05, 4.69) is 56.4 Å². The summed E-state index contributed by atoms with van der Waals surface area (Å²) in [5, 5.41) is 19.9. The van der Waals surface area contributed by atoms with Crippen molar-refractivity contribution in [1.82, 2.24) is 25.1 Å². The molecule has 0 saturated heterocycles. The Morgan fingerprint density at radius 1 is 1.00 bits per heavy atom. The maximum Gasteiger partial charge on any atom is 0.490 e. The van der Waals surface area contributed by atoms with Gasteiger partial charge in [-0.2, -0.15) is 13.2 Å². The maximum atomic E-state index is 10.6. The predicted octanol–water partition coefficient (Wildman–Crippen LogP) is 5.66. The number of aliphatic carboxylic acids is 1. The topological polar surface area (TPSA) is 130 Å². The van der Waals surface area contributed by atoms with Gasteiger partial charge in [0.1, 0.15) is 0 Å². The number of carboxylic acids is 1. The minimum atomic E-state index is -5.08. The number of carbonyl (C=O) groups is 1. The molecule has 37 heavy (non-hydrogen) atoms. The molecule has 190 valence electrons. The second-order valence-corrected chi connectivity index (χ2v) is 8.37. The number of nitrogens with zero attached hydrogens (tertiary/aromatic N) is 4. The highest BCUT2D eigenvalue weighted by molar-refractivity contribution is 5.96. The zero-order chi connectivity index (χ0) is 26.6. The third kappa shape index (κ3) is 5.92. The van der Waals surface area contributed by atoms with Crippen LogP contribution in [0.15, 0.2) is 77.6 Å². The Bertz CT molecular complexity index is 1500. The molecule has 0 radical (unpaired) electrons. The van der Waals surface area contributed by atoms with Crippen molar-refractivity contribution in [2.45, 2.75) is 25.6 Å². The van der Waals surface area contributed by atoms with Crippen molar-refractivity contribution in [1.29, 1.82) is 0 Å². The van der Waals surface area contributed by atoms with E-state index in [1.54, 1.807) is 18.5 Å². The van der Waals surface area contributed by atoms with Crippen LogP contribution in [-0.4, -0.2) is 42.4 Å². The first-order valence-corrected chi connectivity index (χ1v) is 10.9. The molecule has 0 bridgehead atoms. The van der Waals surface area contributed by atoms with Crippen LogP contribution in [0.25, 0.3) is 33.7 Å². The van der Waals surface area contributed by atoms with E-state index in [0.29, 0.717) is 17.7 Å². The van der Waals surface area contributed by atoms with Gasteiger partial charge in [-0.25, -0.2) is 14.8 Å². The number of alkyl halides is 3. The second kappa shape index (κ2) is 10.1. The fourth-order valence-electron chi connectivity index (χ4n) is 3.46. The molecule has 0 fully saturated rings. The molecule has 0 saturated carbocycles. The summed E-state index contributed by atoms with van der Waals surface area (Å²) < 4.78 is 37.7. The Morgan fingerprint density at radius 2 is 1.68 bits per heavy atom. The highest BCUT2D eigenvalue weighted by Crippen LogP contribution is 2.31. The largest absolute Gasteiger partial charge is 0.490 e. The van der Waals surface area contributed by atoms with Gasteiger partial charge < -0.3 is 19.8 Å². The van der Waals surface area contributed by atoms with E-state index in [1.807, 2.05) is 42.6 Å². The number of fused-ring (bicyclic) bond motifs is 1. The number of aromatic nitrogens is 5. The molecule has 0 aliphatic rings. The van der Waals surface area contributed by atoms with Gasteiger partial charge in [-0.1, -0.05) is 35.4 Å². The normalized spacial score (nSPS) is 11.6. The van der Waals surface area contributed by atoms with Crippen molar-refractivity contribution in [3.8, 4) is 22.8 Å². The molecule has 12 heteroatoms.